The van der Waals surface area contributed by atoms with Crippen molar-refractivity contribution < 1.29 is 60.0 Å². The molecule has 4 aliphatic rings. The number of benzene rings is 2. The predicted octanol–water partition coefficient (Wildman–Crippen LogP) is 6.32. The summed E-state index contributed by atoms with van der Waals surface area (Å²) in [5.41, 5.74) is -0.533. The van der Waals surface area contributed by atoms with Gasteiger partial charge in [-0.1, -0.05) is 0 Å². The zero-order valence-electron chi connectivity index (χ0n) is 24.7. The van der Waals surface area contributed by atoms with Crippen LogP contribution in [-0.4, -0.2) is 43.3 Å². The van der Waals surface area contributed by atoms with Gasteiger partial charge in [-0.25, -0.2) is 0 Å². The molecule has 9 nitrogen and oxygen atoms in total. The van der Waals surface area contributed by atoms with Crippen LogP contribution < -0.4 is 29.0 Å². The third kappa shape index (κ3) is 6.28. The zero-order chi connectivity index (χ0) is 32.3. The molecule has 1 aliphatic carbocycles. The Morgan fingerprint density at radius 3 is 2.33 bits per heavy atom. The Kier molecular flexibility index (Phi) is 7.67. The summed E-state index contributed by atoms with van der Waals surface area (Å²) in [7, 11) is 0. The molecule has 0 spiro atoms. The molecule has 0 saturated heterocycles. The van der Waals surface area contributed by atoms with Crippen molar-refractivity contribution >= 4 is 11.9 Å². The van der Waals surface area contributed by atoms with Crippen molar-refractivity contribution in [1.29, 1.82) is 0 Å². The lowest BCUT2D eigenvalue weighted by molar-refractivity contribution is -0.286. The highest BCUT2D eigenvalue weighted by Crippen LogP contribution is 2.50. The number of rotatable bonds is 6. The third-order valence-electron chi connectivity index (χ3n) is 8.74. The normalized spacial score (nSPS) is 27.9. The molecule has 0 bridgehead atoms. The fraction of sp³-hybridized carbons (Fsp3) is 0.548. The fourth-order valence-corrected chi connectivity index (χ4v) is 6.49. The summed E-state index contributed by atoms with van der Waals surface area (Å²) in [6, 6.07) is 5.58. The lowest BCUT2D eigenvalue weighted by Gasteiger charge is -2.40. The zero-order valence-corrected chi connectivity index (χ0v) is 24.7. The molecular weight excluding hydrogens is 609 g/mol. The van der Waals surface area contributed by atoms with Crippen LogP contribution in [0.1, 0.15) is 70.0 Å². The highest BCUT2D eigenvalue weighted by atomic mass is 19.4. The van der Waals surface area contributed by atoms with E-state index in [1.54, 1.807) is 20.8 Å². The highest BCUT2D eigenvalue weighted by Gasteiger charge is 2.50. The quantitative estimate of drug-likeness (QED) is 0.289. The van der Waals surface area contributed by atoms with Gasteiger partial charge in [0.05, 0.1) is 18.1 Å². The number of ether oxygens (including phenoxy) is 6. The van der Waals surface area contributed by atoms with Crippen LogP contribution in [0.15, 0.2) is 30.3 Å². The van der Waals surface area contributed by atoms with Crippen LogP contribution in [0.25, 0.3) is 0 Å². The molecule has 45 heavy (non-hydrogen) atoms. The van der Waals surface area contributed by atoms with Crippen LogP contribution in [0.3, 0.4) is 0 Å². The number of halogens is 5. The van der Waals surface area contributed by atoms with Crippen LogP contribution in [0, 0.1) is 11.8 Å². The van der Waals surface area contributed by atoms with E-state index in [9.17, 15) is 31.5 Å². The van der Waals surface area contributed by atoms with Crippen LogP contribution in [0.2, 0.25) is 0 Å². The molecule has 6 rings (SSSR count). The van der Waals surface area contributed by atoms with E-state index in [0.717, 1.165) is 12.1 Å². The Balaban J connectivity index is 1.23. The molecule has 3 aliphatic heterocycles. The number of nitrogens with one attached hydrogen (secondary N) is 1. The molecule has 14 heteroatoms. The number of alkyl halides is 5. The molecule has 1 amide bonds. The monoisotopic (exact) mass is 641 g/mol. The standard InChI is InChI=1S/C31H32F5NO8/c1-15(2)41-27(38)17-6-4-16(5-7-17)22-12-21(19-9-8-18(10-23(19)42-22)43-30(32,33)34)37-28(39)29(3)14-40-24-13-26-25(11-20(24)29)44-31(35,36)45-26/h8-11,13,15-17,21-22H,4-7,12,14H2,1-3H3,(H,37,39)/t16-,17-,21-,22-,29+/m1/s1. The number of carbonyl (C=O) groups is 2. The van der Waals surface area contributed by atoms with Gasteiger partial charge in [-0.05, 0) is 70.6 Å². The first-order valence-electron chi connectivity index (χ1n) is 14.8. The van der Waals surface area contributed by atoms with E-state index < -0.39 is 41.9 Å². The van der Waals surface area contributed by atoms with Gasteiger partial charge in [0.1, 0.15) is 35.4 Å². The van der Waals surface area contributed by atoms with E-state index in [2.05, 4.69) is 19.5 Å². The van der Waals surface area contributed by atoms with E-state index >= 15 is 0 Å². The molecule has 0 radical (unpaired) electrons. The van der Waals surface area contributed by atoms with Gasteiger partial charge < -0.3 is 33.7 Å². The van der Waals surface area contributed by atoms with E-state index in [1.807, 2.05) is 0 Å². The molecule has 2 aromatic rings. The molecule has 1 saturated carbocycles. The van der Waals surface area contributed by atoms with Gasteiger partial charge >= 0.3 is 18.6 Å². The largest absolute Gasteiger partial charge is 0.586 e. The van der Waals surface area contributed by atoms with Gasteiger partial charge in [0.2, 0.25) is 5.91 Å². The average molecular weight is 642 g/mol. The number of fused-ring (bicyclic) bond motifs is 3. The number of hydrogen-bond acceptors (Lipinski definition) is 8. The lowest BCUT2D eigenvalue weighted by Crippen LogP contribution is -2.47. The van der Waals surface area contributed by atoms with Gasteiger partial charge in [-0.2, -0.15) is 0 Å². The van der Waals surface area contributed by atoms with Crippen molar-refractivity contribution in [2.24, 2.45) is 11.8 Å². The smallest absolute Gasteiger partial charge is 0.492 e. The van der Waals surface area contributed by atoms with Gasteiger partial charge in [-0.15, -0.1) is 22.0 Å². The Hall–Kier alpha value is -3.97. The maximum absolute atomic E-state index is 13.9. The number of amides is 1. The summed E-state index contributed by atoms with van der Waals surface area (Å²) in [6.07, 6.45) is -6.79. The lowest BCUT2D eigenvalue weighted by atomic mass is 9.76. The minimum atomic E-state index is -4.91. The maximum Gasteiger partial charge on any atom is 0.586 e. The number of esters is 1. The number of hydrogen-bond donors (Lipinski definition) is 1. The van der Waals surface area contributed by atoms with Crippen LogP contribution in [-0.2, 0) is 19.7 Å². The second-order valence-corrected chi connectivity index (χ2v) is 12.3. The number of carbonyl (C=O) groups excluding carboxylic acids is 2. The summed E-state index contributed by atoms with van der Waals surface area (Å²) >= 11 is 0. The van der Waals surface area contributed by atoms with Gasteiger partial charge in [0.25, 0.3) is 0 Å². The molecule has 244 valence electrons. The Labute approximate surface area is 255 Å². The summed E-state index contributed by atoms with van der Waals surface area (Å²) in [5.74, 6) is -1.61. The van der Waals surface area contributed by atoms with E-state index in [1.165, 1.54) is 18.2 Å². The predicted molar refractivity (Wildman–Crippen MR) is 145 cm³/mol. The molecule has 3 heterocycles. The van der Waals surface area contributed by atoms with Crippen molar-refractivity contribution in [2.75, 3.05) is 6.61 Å². The first-order valence-corrected chi connectivity index (χ1v) is 14.8. The topological polar surface area (TPSA) is 102 Å². The van der Waals surface area contributed by atoms with E-state index in [-0.39, 0.29) is 53.5 Å². The van der Waals surface area contributed by atoms with Crippen molar-refractivity contribution in [2.45, 2.75) is 89.2 Å². The minimum absolute atomic E-state index is 0.0413. The molecule has 1 N–H and O–H groups in total. The van der Waals surface area contributed by atoms with E-state index in [0.29, 0.717) is 43.2 Å². The molecule has 0 aromatic heterocycles. The Bertz CT molecular complexity index is 1490. The van der Waals surface area contributed by atoms with Gasteiger partial charge in [-0.3, -0.25) is 9.59 Å². The highest BCUT2D eigenvalue weighted by molar-refractivity contribution is 5.90. The van der Waals surface area contributed by atoms with E-state index in [4.69, 9.17) is 14.2 Å². The van der Waals surface area contributed by atoms with Crippen molar-refractivity contribution in [3.05, 3.63) is 41.5 Å². The molecule has 1 fully saturated rings. The fourth-order valence-electron chi connectivity index (χ4n) is 6.49. The maximum atomic E-state index is 13.9. The second kappa shape index (κ2) is 11.1. The van der Waals surface area contributed by atoms with Gasteiger partial charge in [0.15, 0.2) is 11.5 Å². The molecular formula is C31H32F5NO8. The summed E-state index contributed by atoms with van der Waals surface area (Å²) < 4.78 is 96.8. The molecule has 2 aromatic carbocycles. The van der Waals surface area contributed by atoms with Crippen LogP contribution >= 0.6 is 0 Å². The summed E-state index contributed by atoms with van der Waals surface area (Å²) in [4.78, 5) is 26.4. The second-order valence-electron chi connectivity index (χ2n) is 12.3. The first kappa shape index (κ1) is 31.0. The molecule has 3 atom stereocenters. The van der Waals surface area contributed by atoms with Crippen LogP contribution in [0.4, 0.5) is 22.0 Å². The third-order valence-corrected chi connectivity index (χ3v) is 8.74. The van der Waals surface area contributed by atoms with Crippen molar-refractivity contribution in [1.82, 2.24) is 5.32 Å². The average Bonchev–Trinajstić information content (AvgIpc) is 3.44. The minimum Gasteiger partial charge on any atom is -0.492 e. The Morgan fingerprint density at radius 2 is 1.67 bits per heavy atom. The van der Waals surface area contributed by atoms with Crippen molar-refractivity contribution in [3.8, 4) is 28.7 Å². The Morgan fingerprint density at radius 1 is 0.978 bits per heavy atom. The SMILES string of the molecule is CC(C)OC(=O)[C@H]1CC[C@H]([C@H]2C[C@@H](NC(=O)[C@@]3(C)COc4cc5c(cc43)OC(F)(F)O5)c3ccc(OC(F)(F)F)cc3O2)CC1. The first-order chi connectivity index (χ1) is 21.1. The molecule has 0 unspecified atom stereocenters. The van der Waals surface area contributed by atoms with Crippen LogP contribution in [0.5, 0.6) is 28.7 Å². The van der Waals surface area contributed by atoms with Gasteiger partial charge in [0, 0.05) is 29.7 Å². The van der Waals surface area contributed by atoms with Crippen molar-refractivity contribution in [3.63, 3.8) is 0 Å². The summed E-state index contributed by atoms with van der Waals surface area (Å²) in [5, 5.41) is 3.01. The summed E-state index contributed by atoms with van der Waals surface area (Å²) in [6.45, 7) is 5.07.